The number of aryl methyl sites for hydroxylation is 1. The largest absolute Gasteiger partial charge is 0.481 e. The van der Waals surface area contributed by atoms with Gasteiger partial charge in [-0.2, -0.15) is 18.3 Å². The van der Waals surface area contributed by atoms with Crippen LogP contribution in [-0.4, -0.2) is 52.9 Å². The third-order valence-electron chi connectivity index (χ3n) is 6.89. The van der Waals surface area contributed by atoms with E-state index >= 15 is 0 Å². The van der Waals surface area contributed by atoms with E-state index in [9.17, 15) is 27.2 Å². The van der Waals surface area contributed by atoms with Crippen LogP contribution in [0.25, 0.3) is 21.9 Å². The number of alkyl halides is 3. The Labute approximate surface area is 230 Å². The lowest BCUT2D eigenvalue weighted by molar-refractivity contribution is -0.140. The normalized spacial score (nSPS) is 14.8. The maximum atomic E-state index is 15.0. The van der Waals surface area contributed by atoms with Crippen LogP contribution in [0.1, 0.15) is 24.1 Å². The van der Waals surface area contributed by atoms with Crippen LogP contribution >= 0.6 is 0 Å². The van der Waals surface area contributed by atoms with E-state index in [4.69, 9.17) is 9.47 Å². The van der Waals surface area contributed by atoms with Crippen LogP contribution in [0.4, 0.5) is 23.4 Å². The van der Waals surface area contributed by atoms with E-state index in [-0.39, 0.29) is 27.7 Å². The van der Waals surface area contributed by atoms with Crippen molar-refractivity contribution in [2.75, 3.05) is 43.7 Å². The van der Waals surface area contributed by atoms with E-state index in [1.165, 1.54) is 44.2 Å². The molecule has 0 saturated carbocycles. The van der Waals surface area contributed by atoms with Gasteiger partial charge in [0.25, 0.3) is 11.1 Å². The monoisotopic (exact) mass is 574 g/mol. The zero-order valence-corrected chi connectivity index (χ0v) is 22.3. The lowest BCUT2D eigenvalue weighted by Gasteiger charge is -2.31. The Kier molecular flexibility index (Phi) is 7.43. The van der Waals surface area contributed by atoms with E-state index in [0.29, 0.717) is 43.8 Å². The van der Waals surface area contributed by atoms with Gasteiger partial charge in [-0.1, -0.05) is 12.1 Å². The smallest absolute Gasteiger partial charge is 0.419 e. The summed E-state index contributed by atoms with van der Waals surface area (Å²) in [7, 11) is 2.82. The molecule has 0 amide bonds. The molecule has 1 atom stereocenters. The highest BCUT2D eigenvalue weighted by atomic mass is 19.4. The molecule has 1 fully saturated rings. The minimum atomic E-state index is -4.88. The molecule has 1 saturated heterocycles. The first-order chi connectivity index (χ1) is 19.5. The molecule has 0 radical (unpaired) electrons. The van der Waals surface area contributed by atoms with Gasteiger partial charge in [0.2, 0.25) is 5.88 Å². The topological polar surface area (TPSA) is 104 Å². The maximum Gasteiger partial charge on any atom is 0.419 e. The SMILES string of the molecule is COc1ccc(-c2c(=O)n(N3CCOCC3)cc3c(N[C@H](C)c4cccc(C(F)(F)F)c4F)nn(C)c(=O)c23)cn1. The molecule has 5 rings (SSSR count). The van der Waals surface area contributed by atoms with E-state index in [2.05, 4.69) is 15.4 Å². The van der Waals surface area contributed by atoms with Crippen LogP contribution in [0.3, 0.4) is 0 Å². The number of benzene rings is 1. The first-order valence-corrected chi connectivity index (χ1v) is 12.6. The van der Waals surface area contributed by atoms with Crippen molar-refractivity contribution in [2.24, 2.45) is 7.05 Å². The number of hydrogen-bond donors (Lipinski definition) is 1. The molecule has 3 aromatic heterocycles. The van der Waals surface area contributed by atoms with Crippen LogP contribution in [0.15, 0.2) is 52.3 Å². The third-order valence-corrected chi connectivity index (χ3v) is 6.89. The highest BCUT2D eigenvalue weighted by Gasteiger charge is 2.35. The number of rotatable bonds is 6. The Bertz CT molecular complexity index is 1710. The first-order valence-electron chi connectivity index (χ1n) is 12.6. The van der Waals surface area contributed by atoms with Gasteiger partial charge in [0.15, 0.2) is 5.82 Å². The number of aromatic nitrogens is 4. The zero-order valence-electron chi connectivity index (χ0n) is 22.3. The number of morpholine rings is 1. The zero-order chi connectivity index (χ0) is 29.5. The van der Waals surface area contributed by atoms with Gasteiger partial charge >= 0.3 is 6.18 Å². The van der Waals surface area contributed by atoms with Gasteiger partial charge in [0.05, 0.1) is 61.4 Å². The number of methoxy groups -OCH3 is 1. The second-order valence-electron chi connectivity index (χ2n) is 9.45. The number of hydrogen-bond acceptors (Lipinski definition) is 8. The molecule has 0 spiro atoms. The van der Waals surface area contributed by atoms with Crippen molar-refractivity contribution in [3.63, 3.8) is 0 Å². The summed E-state index contributed by atoms with van der Waals surface area (Å²) in [5.74, 6) is -1.04. The second-order valence-corrected chi connectivity index (χ2v) is 9.45. The summed E-state index contributed by atoms with van der Waals surface area (Å²) in [5, 5.41) is 9.24. The summed E-state index contributed by atoms with van der Waals surface area (Å²) in [4.78, 5) is 31.6. The molecule has 41 heavy (non-hydrogen) atoms. The molecule has 1 N–H and O–H groups in total. The van der Waals surface area contributed by atoms with Crippen LogP contribution in [0, 0.1) is 5.82 Å². The number of nitrogens with one attached hydrogen (secondary N) is 1. The van der Waals surface area contributed by atoms with Gasteiger partial charge in [-0.3, -0.25) is 9.59 Å². The van der Waals surface area contributed by atoms with Gasteiger partial charge in [-0.25, -0.2) is 18.7 Å². The van der Waals surface area contributed by atoms with Crippen molar-refractivity contribution in [1.29, 1.82) is 0 Å². The fourth-order valence-corrected chi connectivity index (χ4v) is 4.80. The highest BCUT2D eigenvalue weighted by Crippen LogP contribution is 2.35. The molecular formula is C27H26F4N6O4. The molecule has 216 valence electrons. The lowest BCUT2D eigenvalue weighted by atomic mass is 10.0. The Morgan fingerprint density at radius 3 is 2.46 bits per heavy atom. The van der Waals surface area contributed by atoms with Crippen LogP contribution < -0.4 is 26.2 Å². The van der Waals surface area contributed by atoms with E-state index in [1.54, 1.807) is 17.1 Å². The maximum absolute atomic E-state index is 15.0. The summed E-state index contributed by atoms with van der Waals surface area (Å²) in [5.41, 5.74) is -2.32. The summed E-state index contributed by atoms with van der Waals surface area (Å²) in [6.45, 7) is 2.99. The fourth-order valence-electron chi connectivity index (χ4n) is 4.80. The third kappa shape index (κ3) is 5.22. The van der Waals surface area contributed by atoms with Crippen LogP contribution in [0.5, 0.6) is 5.88 Å². The van der Waals surface area contributed by atoms with E-state index < -0.39 is 34.7 Å². The van der Waals surface area contributed by atoms with Crippen LogP contribution in [0.2, 0.25) is 0 Å². The molecule has 1 aromatic carbocycles. The molecule has 4 aromatic rings. The lowest BCUT2D eigenvalue weighted by Crippen LogP contribution is -2.49. The van der Waals surface area contributed by atoms with E-state index in [1.807, 2.05) is 0 Å². The molecule has 14 heteroatoms. The molecule has 0 aliphatic carbocycles. The van der Waals surface area contributed by atoms with Crippen molar-refractivity contribution in [3.05, 3.63) is 80.4 Å². The van der Waals surface area contributed by atoms with Gasteiger partial charge in [0.1, 0.15) is 5.82 Å². The number of anilines is 1. The van der Waals surface area contributed by atoms with Crippen molar-refractivity contribution in [3.8, 4) is 17.0 Å². The molecule has 0 bridgehead atoms. The first kappa shape index (κ1) is 28.1. The molecule has 1 aliphatic rings. The Morgan fingerprint density at radius 1 is 1.10 bits per heavy atom. The van der Waals surface area contributed by atoms with Crippen molar-refractivity contribution >= 4 is 16.6 Å². The minimum Gasteiger partial charge on any atom is -0.481 e. The average molecular weight is 575 g/mol. The quantitative estimate of drug-likeness (QED) is 0.350. The number of pyridine rings is 2. The molecule has 4 heterocycles. The highest BCUT2D eigenvalue weighted by molar-refractivity contribution is 6.00. The predicted octanol–water partition coefficient (Wildman–Crippen LogP) is 3.47. The molecule has 1 aliphatic heterocycles. The van der Waals surface area contributed by atoms with E-state index in [0.717, 1.165) is 10.7 Å². The summed E-state index contributed by atoms with van der Waals surface area (Å²) in [6, 6.07) is 5.18. The summed E-state index contributed by atoms with van der Waals surface area (Å²) in [6.07, 6.45) is -2.02. The standard InChI is InChI=1S/C27H26F4N6O4/c1-15(17-5-4-6-19(23(17)28)27(29,30)31)33-24-18-14-37(36-9-11-41-12-10-36)26(39)21(22(18)25(38)35(2)34-24)16-7-8-20(40-3)32-13-16/h4-8,13-15H,9-12H2,1-3H3,(H,33,34)/t15-/m1/s1. The summed E-state index contributed by atoms with van der Waals surface area (Å²) >= 11 is 0. The Morgan fingerprint density at radius 2 is 1.83 bits per heavy atom. The number of halogens is 4. The Hall–Kier alpha value is -4.46. The predicted molar refractivity (Wildman–Crippen MR) is 143 cm³/mol. The van der Waals surface area contributed by atoms with Gasteiger partial charge in [-0.05, 0) is 19.1 Å². The van der Waals surface area contributed by atoms with Crippen molar-refractivity contribution < 1.29 is 27.0 Å². The van der Waals surface area contributed by atoms with Gasteiger partial charge < -0.3 is 19.8 Å². The summed E-state index contributed by atoms with van der Waals surface area (Å²) < 4.78 is 68.0. The minimum absolute atomic E-state index is 0.0168. The molecule has 0 unspecified atom stereocenters. The molecule has 10 nitrogen and oxygen atoms in total. The van der Waals surface area contributed by atoms with Gasteiger partial charge in [-0.15, -0.1) is 0 Å². The van der Waals surface area contributed by atoms with Crippen molar-refractivity contribution in [2.45, 2.75) is 19.1 Å². The average Bonchev–Trinajstić information content (AvgIpc) is 2.95. The number of fused-ring (bicyclic) bond motifs is 1. The Balaban J connectivity index is 1.73. The molecular weight excluding hydrogens is 548 g/mol. The number of ether oxygens (including phenoxy) is 2. The van der Waals surface area contributed by atoms with Crippen molar-refractivity contribution in [1.82, 2.24) is 19.4 Å². The second kappa shape index (κ2) is 10.8. The fraction of sp³-hybridized carbons (Fsp3) is 0.333. The number of nitrogens with zero attached hydrogens (tertiary/aromatic N) is 5. The van der Waals surface area contributed by atoms with Gasteiger partial charge in [0, 0.05) is 36.6 Å². The van der Waals surface area contributed by atoms with Crippen LogP contribution in [-0.2, 0) is 18.0 Å².